The number of nitrogens with one attached hydrogen (secondary N) is 2. The molecular weight excluding hydrogens is 306 g/mol. The first kappa shape index (κ1) is 18.0. The van der Waals surface area contributed by atoms with Crippen molar-refractivity contribution < 1.29 is 14.4 Å². The second-order valence-electron chi connectivity index (χ2n) is 6.25. The lowest BCUT2D eigenvalue weighted by molar-refractivity contribution is -0.135. The molecule has 6 nitrogen and oxygen atoms in total. The van der Waals surface area contributed by atoms with Crippen molar-refractivity contribution in [3.05, 3.63) is 24.3 Å². The van der Waals surface area contributed by atoms with Crippen molar-refractivity contribution in [3.63, 3.8) is 0 Å². The minimum Gasteiger partial charge on any atom is -0.331 e. The monoisotopic (exact) mass is 331 g/mol. The third-order valence-electron chi connectivity index (χ3n) is 4.20. The number of hydrogen-bond donors (Lipinski definition) is 2. The van der Waals surface area contributed by atoms with E-state index in [0.717, 1.165) is 25.7 Å². The number of carbonyl (C=O) groups excluding carboxylic acids is 3. The van der Waals surface area contributed by atoms with E-state index < -0.39 is 0 Å². The smallest absolute Gasteiger partial charge is 0.244 e. The lowest BCUT2D eigenvalue weighted by Crippen LogP contribution is -2.44. The van der Waals surface area contributed by atoms with Crippen LogP contribution in [0, 0.1) is 0 Å². The molecule has 1 saturated carbocycles. The zero-order valence-corrected chi connectivity index (χ0v) is 14.3. The highest BCUT2D eigenvalue weighted by Crippen LogP contribution is 2.23. The molecule has 1 aliphatic carbocycles. The zero-order valence-electron chi connectivity index (χ0n) is 14.3. The summed E-state index contributed by atoms with van der Waals surface area (Å²) < 4.78 is 0. The van der Waals surface area contributed by atoms with Crippen LogP contribution in [0.4, 0.5) is 11.4 Å². The Balaban J connectivity index is 1.97. The van der Waals surface area contributed by atoms with Gasteiger partial charge < -0.3 is 15.5 Å². The predicted molar refractivity (Wildman–Crippen MR) is 93.6 cm³/mol. The Kier molecular flexibility index (Phi) is 6.35. The fourth-order valence-corrected chi connectivity index (χ4v) is 3.12. The van der Waals surface area contributed by atoms with E-state index in [-0.39, 0.29) is 30.3 Å². The molecule has 1 aliphatic rings. The van der Waals surface area contributed by atoms with Crippen LogP contribution in [0.1, 0.15) is 46.0 Å². The van der Waals surface area contributed by atoms with Gasteiger partial charge in [0.25, 0.3) is 0 Å². The summed E-state index contributed by atoms with van der Waals surface area (Å²) in [6.07, 6.45) is 5.34. The highest BCUT2D eigenvalue weighted by Gasteiger charge is 2.25. The summed E-state index contributed by atoms with van der Waals surface area (Å²) in [7, 11) is 0. The quantitative estimate of drug-likeness (QED) is 0.871. The van der Waals surface area contributed by atoms with Crippen molar-refractivity contribution in [2.75, 3.05) is 17.2 Å². The minimum atomic E-state index is -0.226. The van der Waals surface area contributed by atoms with Crippen molar-refractivity contribution in [1.82, 2.24) is 4.90 Å². The molecule has 0 atom stereocenters. The lowest BCUT2D eigenvalue weighted by Gasteiger charge is -2.33. The van der Waals surface area contributed by atoms with Crippen molar-refractivity contribution in [3.8, 4) is 0 Å². The molecule has 6 heteroatoms. The molecular formula is C18H25N3O3. The fourth-order valence-electron chi connectivity index (χ4n) is 3.12. The second kappa shape index (κ2) is 8.47. The summed E-state index contributed by atoms with van der Waals surface area (Å²) in [6.45, 7) is 3.00. The Morgan fingerprint density at radius 1 is 1.04 bits per heavy atom. The molecule has 1 aromatic rings. The third kappa shape index (κ3) is 5.37. The maximum absolute atomic E-state index is 12.3. The molecule has 24 heavy (non-hydrogen) atoms. The lowest BCUT2D eigenvalue weighted by atomic mass is 9.94. The largest absolute Gasteiger partial charge is 0.331 e. The molecule has 0 unspecified atom stereocenters. The summed E-state index contributed by atoms with van der Waals surface area (Å²) in [5, 5.41) is 5.47. The van der Waals surface area contributed by atoms with Crippen LogP contribution in [-0.2, 0) is 14.4 Å². The van der Waals surface area contributed by atoms with Gasteiger partial charge in [-0.2, -0.15) is 0 Å². The van der Waals surface area contributed by atoms with Crippen LogP contribution in [0.25, 0.3) is 0 Å². The van der Waals surface area contributed by atoms with Crippen LogP contribution in [0.5, 0.6) is 0 Å². The molecule has 0 bridgehead atoms. The van der Waals surface area contributed by atoms with Gasteiger partial charge in [0.05, 0.1) is 0 Å². The van der Waals surface area contributed by atoms with Gasteiger partial charge in [0.1, 0.15) is 6.54 Å². The summed E-state index contributed by atoms with van der Waals surface area (Å²) in [6, 6.07) is 7.11. The van der Waals surface area contributed by atoms with Crippen LogP contribution >= 0.6 is 0 Å². The average molecular weight is 331 g/mol. The number of carbonyl (C=O) groups is 3. The van der Waals surface area contributed by atoms with E-state index in [9.17, 15) is 14.4 Å². The highest BCUT2D eigenvalue weighted by molar-refractivity contribution is 5.95. The molecule has 3 amide bonds. The Labute approximate surface area is 142 Å². The molecule has 2 rings (SSSR count). The average Bonchev–Trinajstić information content (AvgIpc) is 2.53. The van der Waals surface area contributed by atoms with E-state index in [4.69, 9.17) is 0 Å². The molecule has 0 spiro atoms. The standard InChI is InChI=1S/C18H25N3O3/c1-13(22)19-15-7-6-8-16(11-15)20-18(24)12-21(14(2)23)17-9-4-3-5-10-17/h6-8,11,17H,3-5,9-10,12H2,1-2H3,(H,19,22)(H,20,24). The Morgan fingerprint density at radius 2 is 1.67 bits per heavy atom. The van der Waals surface area contributed by atoms with E-state index in [1.165, 1.54) is 20.3 Å². The van der Waals surface area contributed by atoms with Crippen LogP contribution < -0.4 is 10.6 Å². The number of anilines is 2. The topological polar surface area (TPSA) is 78.5 Å². The van der Waals surface area contributed by atoms with E-state index in [2.05, 4.69) is 10.6 Å². The maximum Gasteiger partial charge on any atom is 0.244 e. The van der Waals surface area contributed by atoms with E-state index in [1.807, 2.05) is 0 Å². The van der Waals surface area contributed by atoms with Gasteiger partial charge in [-0.15, -0.1) is 0 Å². The summed E-state index contributed by atoms with van der Waals surface area (Å²) in [5.74, 6) is -0.460. The first-order chi connectivity index (χ1) is 11.5. The van der Waals surface area contributed by atoms with Gasteiger partial charge in [-0.1, -0.05) is 25.3 Å². The SMILES string of the molecule is CC(=O)Nc1cccc(NC(=O)CN(C(C)=O)C2CCCCC2)c1. The van der Waals surface area contributed by atoms with Gasteiger partial charge in [-0.3, -0.25) is 14.4 Å². The molecule has 130 valence electrons. The molecule has 0 saturated heterocycles. The number of amides is 3. The predicted octanol–water partition coefficient (Wildman–Crippen LogP) is 2.76. The molecule has 0 aromatic heterocycles. The van der Waals surface area contributed by atoms with Gasteiger partial charge in [0, 0.05) is 31.3 Å². The normalized spacial score (nSPS) is 14.8. The third-order valence-corrected chi connectivity index (χ3v) is 4.20. The van der Waals surface area contributed by atoms with Crippen LogP contribution in [0.3, 0.4) is 0 Å². The molecule has 0 radical (unpaired) electrons. The van der Waals surface area contributed by atoms with Crippen LogP contribution in [0.15, 0.2) is 24.3 Å². The zero-order chi connectivity index (χ0) is 17.5. The number of benzene rings is 1. The van der Waals surface area contributed by atoms with Gasteiger partial charge in [-0.25, -0.2) is 0 Å². The number of rotatable bonds is 5. The van der Waals surface area contributed by atoms with Crippen molar-refractivity contribution >= 4 is 29.1 Å². The van der Waals surface area contributed by atoms with Crippen LogP contribution in [-0.4, -0.2) is 35.2 Å². The van der Waals surface area contributed by atoms with Gasteiger partial charge >= 0.3 is 0 Å². The van der Waals surface area contributed by atoms with Gasteiger partial charge in [-0.05, 0) is 31.0 Å². The summed E-state index contributed by atoms with van der Waals surface area (Å²) >= 11 is 0. The molecule has 2 N–H and O–H groups in total. The first-order valence-corrected chi connectivity index (χ1v) is 8.40. The Morgan fingerprint density at radius 3 is 2.25 bits per heavy atom. The van der Waals surface area contributed by atoms with E-state index in [0.29, 0.717) is 11.4 Å². The fraction of sp³-hybridized carbons (Fsp3) is 0.500. The van der Waals surface area contributed by atoms with Crippen LogP contribution in [0.2, 0.25) is 0 Å². The van der Waals surface area contributed by atoms with Crippen molar-refractivity contribution in [2.45, 2.75) is 52.0 Å². The Bertz CT molecular complexity index is 609. The van der Waals surface area contributed by atoms with Gasteiger partial charge in [0.15, 0.2) is 0 Å². The maximum atomic E-state index is 12.3. The number of nitrogens with zero attached hydrogens (tertiary/aromatic N) is 1. The van der Waals surface area contributed by atoms with E-state index >= 15 is 0 Å². The van der Waals surface area contributed by atoms with Crippen molar-refractivity contribution in [2.24, 2.45) is 0 Å². The minimum absolute atomic E-state index is 0.0599. The first-order valence-electron chi connectivity index (χ1n) is 8.40. The second-order valence-corrected chi connectivity index (χ2v) is 6.25. The van der Waals surface area contributed by atoms with E-state index in [1.54, 1.807) is 29.2 Å². The van der Waals surface area contributed by atoms with Crippen molar-refractivity contribution in [1.29, 1.82) is 0 Å². The highest BCUT2D eigenvalue weighted by atomic mass is 16.2. The Hall–Kier alpha value is -2.37. The molecule has 1 aromatic carbocycles. The summed E-state index contributed by atoms with van der Waals surface area (Å²) in [4.78, 5) is 37.0. The molecule has 0 aliphatic heterocycles. The summed E-state index contributed by atoms with van der Waals surface area (Å²) in [5.41, 5.74) is 1.22. The van der Waals surface area contributed by atoms with Gasteiger partial charge in [0.2, 0.25) is 17.7 Å². The molecule has 0 heterocycles. The molecule has 1 fully saturated rings. The number of hydrogen-bond acceptors (Lipinski definition) is 3.